The molecule has 3 aromatic rings. The number of carbonyl (C=O) groups is 1. The molecule has 0 aliphatic heterocycles. The zero-order valence-corrected chi connectivity index (χ0v) is 15.0. The van der Waals surface area contributed by atoms with Gasteiger partial charge in [-0.05, 0) is 30.3 Å². The molecule has 0 radical (unpaired) electrons. The van der Waals surface area contributed by atoms with Crippen molar-refractivity contribution in [3.8, 4) is 0 Å². The Bertz CT molecular complexity index is 969. The first-order valence-electron chi connectivity index (χ1n) is 8.46. The predicted molar refractivity (Wildman–Crippen MR) is 105 cm³/mol. The maximum Gasteiger partial charge on any atom is 0.419 e. The smallest absolute Gasteiger partial charge is 0.419 e. The van der Waals surface area contributed by atoms with Crippen LogP contribution in [-0.2, 0) is 11.3 Å². The van der Waals surface area contributed by atoms with Crippen molar-refractivity contribution in [3.63, 3.8) is 0 Å². The zero-order valence-electron chi connectivity index (χ0n) is 15.0. The first-order valence-corrected chi connectivity index (χ1v) is 8.46. The number of ether oxygens (including phenoxy) is 1. The number of amides is 1. The zero-order chi connectivity index (χ0) is 20.8. The molecule has 0 aliphatic rings. The van der Waals surface area contributed by atoms with E-state index in [0.29, 0.717) is 11.4 Å². The van der Waals surface area contributed by atoms with Crippen LogP contribution in [0.25, 0.3) is 0 Å². The minimum absolute atomic E-state index is 0.281. The Morgan fingerprint density at radius 3 is 1.62 bits per heavy atom. The fraction of sp³-hybridized carbons (Fsp3) is 0.0500. The highest BCUT2D eigenvalue weighted by molar-refractivity contribution is 5.95. The van der Waals surface area contributed by atoms with Gasteiger partial charge < -0.3 is 4.74 Å². The van der Waals surface area contributed by atoms with Gasteiger partial charge in [-0.3, -0.25) is 20.2 Å². The predicted octanol–water partition coefficient (Wildman–Crippen LogP) is 4.98. The molecule has 9 nitrogen and oxygen atoms in total. The maximum atomic E-state index is 12.8. The lowest BCUT2D eigenvalue weighted by Gasteiger charge is -2.22. The van der Waals surface area contributed by atoms with E-state index in [1.807, 2.05) is 0 Å². The number of carbonyl (C=O) groups excluding carboxylic acids is 1. The van der Waals surface area contributed by atoms with Gasteiger partial charge in [0.05, 0.1) is 21.2 Å². The van der Waals surface area contributed by atoms with Crippen LogP contribution in [0.3, 0.4) is 0 Å². The van der Waals surface area contributed by atoms with E-state index in [1.54, 1.807) is 60.7 Å². The van der Waals surface area contributed by atoms with E-state index in [0.717, 1.165) is 12.1 Å². The third-order valence-corrected chi connectivity index (χ3v) is 4.07. The summed E-state index contributed by atoms with van der Waals surface area (Å²) < 4.78 is 5.26. The Kier molecular flexibility index (Phi) is 5.79. The van der Waals surface area contributed by atoms with Gasteiger partial charge in [0.25, 0.3) is 11.4 Å². The van der Waals surface area contributed by atoms with E-state index in [9.17, 15) is 25.0 Å². The summed E-state index contributed by atoms with van der Waals surface area (Å²) in [4.78, 5) is 35.1. The molecule has 0 atom stereocenters. The Hall–Kier alpha value is -4.27. The van der Waals surface area contributed by atoms with Crippen molar-refractivity contribution in [1.29, 1.82) is 0 Å². The lowest BCUT2D eigenvalue weighted by Crippen LogP contribution is -2.26. The Morgan fingerprint density at radius 1 is 0.759 bits per heavy atom. The summed E-state index contributed by atoms with van der Waals surface area (Å²) in [6.07, 6.45) is -0.824. The highest BCUT2D eigenvalue weighted by Gasteiger charge is 2.27. The number of nitro groups is 2. The molecule has 9 heteroatoms. The first-order chi connectivity index (χ1) is 14.0. The van der Waals surface area contributed by atoms with Crippen molar-refractivity contribution in [2.75, 3.05) is 4.90 Å². The minimum Gasteiger partial charge on any atom is -0.443 e. The minimum atomic E-state index is -0.824. The molecule has 0 unspecified atom stereocenters. The number of nitro benzene ring substituents is 2. The van der Waals surface area contributed by atoms with E-state index in [1.165, 1.54) is 11.0 Å². The van der Waals surface area contributed by atoms with Crippen molar-refractivity contribution in [2.45, 2.75) is 6.61 Å². The molecule has 3 rings (SSSR count). The molecule has 0 N–H and O–H groups in total. The van der Waals surface area contributed by atoms with E-state index in [2.05, 4.69) is 0 Å². The largest absolute Gasteiger partial charge is 0.443 e. The lowest BCUT2D eigenvalue weighted by atomic mass is 10.1. The molecule has 146 valence electrons. The van der Waals surface area contributed by atoms with Crippen LogP contribution in [0.4, 0.5) is 27.5 Å². The number of para-hydroxylation sites is 2. The van der Waals surface area contributed by atoms with Gasteiger partial charge in [-0.25, -0.2) is 9.69 Å². The fourth-order valence-corrected chi connectivity index (χ4v) is 2.77. The van der Waals surface area contributed by atoms with E-state index in [-0.39, 0.29) is 5.56 Å². The molecule has 0 bridgehead atoms. The standard InChI is InChI=1S/C20H15N3O6/c24-20(21(15-8-3-1-4-9-15)16-10-5-2-6-11-16)29-14-17-18(22(25)26)12-7-13-19(17)23(27)28/h1-13H,14H2. The molecule has 0 saturated carbocycles. The molecule has 3 aromatic carbocycles. The van der Waals surface area contributed by atoms with E-state index in [4.69, 9.17) is 4.74 Å². The van der Waals surface area contributed by atoms with Gasteiger partial charge >= 0.3 is 6.09 Å². The Balaban J connectivity index is 1.93. The van der Waals surface area contributed by atoms with Gasteiger partial charge in [-0.1, -0.05) is 36.4 Å². The summed E-state index contributed by atoms with van der Waals surface area (Å²) in [5, 5.41) is 22.5. The third kappa shape index (κ3) is 4.35. The number of anilines is 2. The number of benzene rings is 3. The summed E-state index contributed by atoms with van der Waals surface area (Å²) in [6, 6.07) is 20.8. The maximum absolute atomic E-state index is 12.8. The quantitative estimate of drug-likeness (QED) is 0.431. The van der Waals surface area contributed by atoms with Crippen LogP contribution in [0.15, 0.2) is 78.9 Å². The van der Waals surface area contributed by atoms with Crippen LogP contribution in [-0.4, -0.2) is 15.9 Å². The summed E-state index contributed by atoms with van der Waals surface area (Å²) in [6.45, 7) is -0.623. The van der Waals surface area contributed by atoms with Gasteiger partial charge in [-0.15, -0.1) is 0 Å². The van der Waals surface area contributed by atoms with Crippen LogP contribution in [0.5, 0.6) is 0 Å². The molecule has 0 saturated heterocycles. The molecule has 0 spiro atoms. The Morgan fingerprint density at radius 2 is 1.21 bits per heavy atom. The normalized spacial score (nSPS) is 10.2. The molecule has 1 amide bonds. The van der Waals surface area contributed by atoms with Crippen molar-refractivity contribution >= 4 is 28.8 Å². The molecule has 0 aliphatic carbocycles. The first kappa shape index (κ1) is 19.5. The van der Waals surface area contributed by atoms with Gasteiger partial charge in [-0.2, -0.15) is 0 Å². The van der Waals surface area contributed by atoms with Gasteiger partial charge in [0.2, 0.25) is 0 Å². The van der Waals surface area contributed by atoms with Crippen molar-refractivity contribution in [1.82, 2.24) is 0 Å². The monoisotopic (exact) mass is 393 g/mol. The number of nitrogens with zero attached hydrogens (tertiary/aromatic N) is 3. The lowest BCUT2D eigenvalue weighted by molar-refractivity contribution is -0.396. The van der Waals surface area contributed by atoms with E-state index < -0.39 is 33.9 Å². The summed E-state index contributed by atoms with van der Waals surface area (Å²) in [5.41, 5.74) is -0.227. The Labute approximate surface area is 165 Å². The van der Waals surface area contributed by atoms with Crippen LogP contribution in [0.2, 0.25) is 0 Å². The summed E-state index contributed by atoms with van der Waals surface area (Å²) in [5.74, 6) is 0. The van der Waals surface area contributed by atoms with Gasteiger partial charge in [0.1, 0.15) is 12.2 Å². The van der Waals surface area contributed by atoms with Crippen molar-refractivity contribution in [3.05, 3.63) is 105 Å². The third-order valence-electron chi connectivity index (χ3n) is 4.07. The van der Waals surface area contributed by atoms with Crippen LogP contribution < -0.4 is 4.90 Å². The molecule has 29 heavy (non-hydrogen) atoms. The average Bonchev–Trinajstić information content (AvgIpc) is 2.73. The highest BCUT2D eigenvalue weighted by atomic mass is 16.6. The number of hydrogen-bond donors (Lipinski definition) is 0. The summed E-state index contributed by atoms with van der Waals surface area (Å²) >= 11 is 0. The fourth-order valence-electron chi connectivity index (χ4n) is 2.77. The van der Waals surface area contributed by atoms with Crippen LogP contribution in [0, 0.1) is 20.2 Å². The van der Waals surface area contributed by atoms with Crippen molar-refractivity contribution < 1.29 is 19.4 Å². The summed E-state index contributed by atoms with van der Waals surface area (Å²) in [7, 11) is 0. The second-order valence-electron chi connectivity index (χ2n) is 5.85. The van der Waals surface area contributed by atoms with Crippen molar-refractivity contribution in [2.24, 2.45) is 0 Å². The molecule has 0 heterocycles. The molecule has 0 aromatic heterocycles. The second-order valence-corrected chi connectivity index (χ2v) is 5.85. The molecular formula is C20H15N3O6. The SMILES string of the molecule is O=C(OCc1c([N+](=O)[O-])cccc1[N+](=O)[O-])N(c1ccccc1)c1ccccc1. The topological polar surface area (TPSA) is 116 Å². The second kappa shape index (κ2) is 8.61. The van der Waals surface area contributed by atoms with Gasteiger partial charge in [0.15, 0.2) is 0 Å². The average molecular weight is 393 g/mol. The highest BCUT2D eigenvalue weighted by Crippen LogP contribution is 2.30. The molecule has 0 fully saturated rings. The molecular weight excluding hydrogens is 378 g/mol. The number of hydrogen-bond acceptors (Lipinski definition) is 6. The van der Waals surface area contributed by atoms with Gasteiger partial charge in [0, 0.05) is 12.1 Å². The number of rotatable bonds is 6. The van der Waals surface area contributed by atoms with E-state index >= 15 is 0 Å². The van der Waals surface area contributed by atoms with Crippen LogP contribution >= 0.6 is 0 Å². The van der Waals surface area contributed by atoms with Crippen LogP contribution in [0.1, 0.15) is 5.56 Å².